The smallest absolute Gasteiger partial charge is 0.426 e. The Labute approximate surface area is 135 Å². The van der Waals surface area contributed by atoms with Gasteiger partial charge in [-0.3, -0.25) is 0 Å². The molecule has 0 saturated heterocycles. The van der Waals surface area contributed by atoms with Crippen LogP contribution in [-0.4, -0.2) is 36.0 Å². The molecule has 1 aromatic rings. The summed E-state index contributed by atoms with van der Waals surface area (Å²) in [6, 6.07) is 5.19. The highest BCUT2D eigenvalue weighted by atomic mass is 79.9. The fourth-order valence-corrected chi connectivity index (χ4v) is 2.72. The summed E-state index contributed by atoms with van der Waals surface area (Å²) in [7, 11) is 0. The highest BCUT2D eigenvalue weighted by Crippen LogP contribution is 2.36. The summed E-state index contributed by atoms with van der Waals surface area (Å²) >= 11 is 3.23. The second-order valence-electron chi connectivity index (χ2n) is 4.90. The Hall–Kier alpha value is -1.45. The van der Waals surface area contributed by atoms with Crippen molar-refractivity contribution >= 4 is 22.0 Å². The van der Waals surface area contributed by atoms with Gasteiger partial charge >= 0.3 is 18.4 Å². The average Bonchev–Trinajstić information content (AvgIpc) is 2.42. The molecule has 1 amide bonds. The van der Waals surface area contributed by atoms with Crippen LogP contribution in [0.5, 0.6) is 0 Å². The molecule has 0 saturated carbocycles. The van der Waals surface area contributed by atoms with Crippen LogP contribution in [0.25, 0.3) is 0 Å². The van der Waals surface area contributed by atoms with Gasteiger partial charge in [0.15, 0.2) is 0 Å². The van der Waals surface area contributed by atoms with E-state index < -0.39 is 24.5 Å². The number of ether oxygens (including phenoxy) is 1. The molecule has 0 aromatic heterocycles. The lowest BCUT2D eigenvalue weighted by Crippen LogP contribution is -2.48. The molecule has 0 aliphatic carbocycles. The van der Waals surface area contributed by atoms with Crippen molar-refractivity contribution in [2.75, 3.05) is 6.54 Å². The quantitative estimate of drug-likeness (QED) is 0.646. The van der Waals surface area contributed by atoms with Crippen LogP contribution in [0.4, 0.5) is 31.1 Å². The van der Waals surface area contributed by atoms with Crippen LogP contribution in [0.1, 0.15) is 11.1 Å². The largest absolute Gasteiger partial charge is 0.434 e. The van der Waals surface area contributed by atoms with E-state index in [1.54, 1.807) is 18.2 Å². The van der Waals surface area contributed by atoms with Gasteiger partial charge in [0.2, 0.25) is 0 Å². The van der Waals surface area contributed by atoms with Crippen molar-refractivity contribution in [2.24, 2.45) is 0 Å². The van der Waals surface area contributed by atoms with Crippen LogP contribution in [0.15, 0.2) is 22.7 Å². The van der Waals surface area contributed by atoms with Crippen LogP contribution in [-0.2, 0) is 17.7 Å². The summed E-state index contributed by atoms with van der Waals surface area (Å²) in [6.07, 6.45) is -16.9. The summed E-state index contributed by atoms with van der Waals surface area (Å²) < 4.78 is 78.9. The minimum atomic E-state index is -5.72. The molecule has 0 bridgehead atoms. The maximum absolute atomic E-state index is 12.4. The number of hydrogen-bond acceptors (Lipinski definition) is 2. The fourth-order valence-electron chi connectivity index (χ4n) is 2.19. The molecule has 0 unspecified atom stereocenters. The predicted octanol–water partition coefficient (Wildman–Crippen LogP) is 4.44. The molecule has 0 radical (unpaired) electrons. The van der Waals surface area contributed by atoms with Crippen molar-refractivity contribution in [3.63, 3.8) is 0 Å². The number of alkyl halides is 6. The highest BCUT2D eigenvalue weighted by Gasteiger charge is 2.60. The van der Waals surface area contributed by atoms with E-state index in [1.807, 2.05) is 0 Å². The van der Waals surface area contributed by atoms with Crippen molar-refractivity contribution < 1.29 is 35.9 Å². The Morgan fingerprint density at radius 1 is 1.17 bits per heavy atom. The van der Waals surface area contributed by atoms with Crippen molar-refractivity contribution in [3.8, 4) is 0 Å². The van der Waals surface area contributed by atoms with Gasteiger partial charge in [-0.25, -0.2) is 4.79 Å². The lowest BCUT2D eigenvalue weighted by Gasteiger charge is -2.31. The van der Waals surface area contributed by atoms with Gasteiger partial charge in [0.1, 0.15) is 0 Å². The zero-order valence-electron chi connectivity index (χ0n) is 11.3. The van der Waals surface area contributed by atoms with E-state index in [-0.39, 0.29) is 13.1 Å². The van der Waals surface area contributed by atoms with Gasteiger partial charge in [0.05, 0.1) is 6.54 Å². The third kappa shape index (κ3) is 4.10. The normalized spacial score (nSPS) is 15.6. The molecule has 1 aliphatic heterocycles. The third-order valence-electron chi connectivity index (χ3n) is 3.29. The van der Waals surface area contributed by atoms with Gasteiger partial charge in [0, 0.05) is 11.0 Å². The number of nitrogens with zero attached hydrogens (tertiary/aromatic N) is 1. The Bertz CT molecular complexity index is 587. The predicted molar refractivity (Wildman–Crippen MR) is 70.6 cm³/mol. The number of benzene rings is 1. The van der Waals surface area contributed by atoms with Crippen molar-refractivity contribution in [2.45, 2.75) is 31.4 Å². The first-order valence-electron chi connectivity index (χ1n) is 6.35. The van der Waals surface area contributed by atoms with Gasteiger partial charge in [-0.1, -0.05) is 28.1 Å². The van der Waals surface area contributed by atoms with E-state index >= 15 is 0 Å². The minimum Gasteiger partial charge on any atom is -0.426 e. The third-order valence-corrected chi connectivity index (χ3v) is 4.03. The standard InChI is InChI=1S/C13H10BrF6NO2/c14-9-3-1-2-7-4-5-21(6-8(7)9)11(22)23-10(12(15,16)17)13(18,19)20/h1-3,10H,4-6H2. The first kappa shape index (κ1) is 17.9. The van der Waals surface area contributed by atoms with E-state index in [9.17, 15) is 31.1 Å². The van der Waals surface area contributed by atoms with Crippen LogP contribution < -0.4 is 0 Å². The monoisotopic (exact) mass is 405 g/mol. The molecular formula is C13H10BrF6NO2. The molecule has 1 aliphatic rings. The second-order valence-corrected chi connectivity index (χ2v) is 5.75. The first-order chi connectivity index (χ1) is 10.5. The van der Waals surface area contributed by atoms with Gasteiger partial charge in [-0.15, -0.1) is 0 Å². The van der Waals surface area contributed by atoms with Crippen LogP contribution in [0.2, 0.25) is 0 Å². The Morgan fingerprint density at radius 3 is 2.35 bits per heavy atom. The number of rotatable bonds is 1. The molecule has 2 rings (SSSR count). The van der Waals surface area contributed by atoms with E-state index in [0.717, 1.165) is 10.5 Å². The maximum atomic E-state index is 12.4. The number of halogens is 7. The Morgan fingerprint density at radius 2 is 1.78 bits per heavy atom. The lowest BCUT2D eigenvalue weighted by atomic mass is 10.0. The molecule has 3 nitrogen and oxygen atoms in total. The molecule has 0 atom stereocenters. The summed E-state index contributed by atoms with van der Waals surface area (Å²) in [5.41, 5.74) is 1.50. The minimum absolute atomic E-state index is 0.0231. The number of hydrogen-bond donors (Lipinski definition) is 0. The van der Waals surface area contributed by atoms with Gasteiger partial charge in [0.25, 0.3) is 6.10 Å². The molecular weight excluding hydrogens is 396 g/mol. The van der Waals surface area contributed by atoms with E-state index in [2.05, 4.69) is 20.7 Å². The lowest BCUT2D eigenvalue weighted by molar-refractivity contribution is -0.308. The zero-order chi connectivity index (χ0) is 17.4. The molecule has 23 heavy (non-hydrogen) atoms. The Balaban J connectivity index is 2.14. The van der Waals surface area contributed by atoms with Gasteiger partial charge in [-0.2, -0.15) is 26.3 Å². The molecule has 128 valence electrons. The van der Waals surface area contributed by atoms with Crippen LogP contribution in [0, 0.1) is 0 Å². The summed E-state index contributed by atoms with van der Waals surface area (Å²) in [5.74, 6) is 0. The molecule has 0 N–H and O–H groups in total. The SMILES string of the molecule is O=C(OC(C(F)(F)F)C(F)(F)F)N1CCc2cccc(Br)c2C1. The number of carbonyl (C=O) groups excluding carboxylic acids is 1. The van der Waals surface area contributed by atoms with Crippen LogP contribution in [0.3, 0.4) is 0 Å². The van der Waals surface area contributed by atoms with Crippen molar-refractivity contribution in [1.82, 2.24) is 4.90 Å². The number of carbonyl (C=O) groups is 1. The first-order valence-corrected chi connectivity index (χ1v) is 7.14. The van der Waals surface area contributed by atoms with E-state index in [1.165, 1.54) is 0 Å². The van der Waals surface area contributed by atoms with Crippen LogP contribution >= 0.6 is 15.9 Å². The molecule has 0 spiro atoms. The molecule has 0 fully saturated rings. The zero-order valence-corrected chi connectivity index (χ0v) is 12.9. The molecule has 10 heteroatoms. The second kappa shape index (κ2) is 6.21. The van der Waals surface area contributed by atoms with E-state index in [0.29, 0.717) is 16.5 Å². The Kier molecular flexibility index (Phi) is 4.84. The molecule has 1 heterocycles. The van der Waals surface area contributed by atoms with E-state index in [4.69, 9.17) is 0 Å². The summed E-state index contributed by atoms with van der Waals surface area (Å²) in [6.45, 7) is -0.150. The summed E-state index contributed by atoms with van der Waals surface area (Å²) in [4.78, 5) is 12.5. The van der Waals surface area contributed by atoms with Gasteiger partial charge in [-0.05, 0) is 23.6 Å². The van der Waals surface area contributed by atoms with Gasteiger partial charge < -0.3 is 9.64 Å². The number of amides is 1. The molecule has 1 aromatic carbocycles. The maximum Gasteiger partial charge on any atom is 0.434 e. The average molecular weight is 406 g/mol. The topological polar surface area (TPSA) is 29.5 Å². The summed E-state index contributed by atoms with van der Waals surface area (Å²) in [5, 5.41) is 0. The van der Waals surface area contributed by atoms with Crippen molar-refractivity contribution in [3.05, 3.63) is 33.8 Å². The highest BCUT2D eigenvalue weighted by molar-refractivity contribution is 9.10. The fraction of sp³-hybridized carbons (Fsp3) is 0.462. The van der Waals surface area contributed by atoms with Crippen molar-refractivity contribution in [1.29, 1.82) is 0 Å². The number of fused-ring (bicyclic) bond motifs is 1.